The highest BCUT2D eigenvalue weighted by atomic mass is 32.1. The molecule has 2 aromatic heterocycles. The fraction of sp³-hybridized carbons (Fsp3) is 0.286. The quantitative estimate of drug-likeness (QED) is 0.426. The number of urea groups is 1. The van der Waals surface area contributed by atoms with Crippen molar-refractivity contribution in [3.8, 4) is 0 Å². The predicted octanol–water partition coefficient (Wildman–Crippen LogP) is 5.12. The fourth-order valence-corrected chi connectivity index (χ4v) is 5.64. The molecule has 6 nitrogen and oxygen atoms in total. The zero-order valence-corrected chi connectivity index (χ0v) is 20.9. The van der Waals surface area contributed by atoms with Crippen LogP contribution in [0.2, 0.25) is 0 Å². The van der Waals surface area contributed by atoms with E-state index in [-0.39, 0.29) is 18.0 Å². The molecule has 0 unspecified atom stereocenters. The van der Waals surface area contributed by atoms with Gasteiger partial charge in [-0.1, -0.05) is 54.6 Å². The van der Waals surface area contributed by atoms with Crippen molar-refractivity contribution in [3.05, 3.63) is 94.5 Å². The molecule has 180 valence electrons. The molecule has 7 heteroatoms. The van der Waals surface area contributed by atoms with Crippen molar-refractivity contribution in [3.63, 3.8) is 0 Å². The maximum Gasteiger partial charge on any atom is 0.318 e. The number of nitrogens with one attached hydrogen (secondary N) is 1. The third-order valence-electron chi connectivity index (χ3n) is 6.77. The lowest BCUT2D eigenvalue weighted by Crippen LogP contribution is -2.57. The molecule has 0 bridgehead atoms. The molecule has 0 aliphatic carbocycles. The number of fused-ring (bicyclic) bond motifs is 1. The second kappa shape index (κ2) is 9.96. The van der Waals surface area contributed by atoms with Crippen molar-refractivity contribution < 1.29 is 9.59 Å². The van der Waals surface area contributed by atoms with Gasteiger partial charge in [0.15, 0.2) is 0 Å². The number of aromatic nitrogens is 1. The van der Waals surface area contributed by atoms with Crippen LogP contribution in [0.1, 0.15) is 34.1 Å². The topological polar surface area (TPSA) is 57.6 Å². The van der Waals surface area contributed by atoms with Crippen molar-refractivity contribution in [2.75, 3.05) is 19.6 Å². The Kier molecular flexibility index (Phi) is 6.59. The van der Waals surface area contributed by atoms with Gasteiger partial charge in [0.05, 0.1) is 0 Å². The van der Waals surface area contributed by atoms with Crippen LogP contribution in [-0.2, 0) is 13.1 Å². The first-order valence-electron chi connectivity index (χ1n) is 12.0. The lowest BCUT2D eigenvalue weighted by Gasteiger charge is -2.39. The smallest absolute Gasteiger partial charge is 0.318 e. The van der Waals surface area contributed by atoms with E-state index < -0.39 is 0 Å². The van der Waals surface area contributed by atoms with Crippen LogP contribution in [0.15, 0.2) is 72.1 Å². The zero-order valence-electron chi connectivity index (χ0n) is 20.1. The molecule has 5 rings (SSSR count). The highest BCUT2D eigenvalue weighted by Gasteiger charge is 2.31. The number of aryl methyl sites for hydroxylation is 1. The monoisotopic (exact) mass is 486 g/mol. The van der Waals surface area contributed by atoms with Gasteiger partial charge in [0.2, 0.25) is 0 Å². The molecule has 1 atom stereocenters. The normalized spacial score (nSPS) is 16.0. The van der Waals surface area contributed by atoms with Gasteiger partial charge in [0.1, 0.15) is 10.5 Å². The number of piperazine rings is 1. The Labute approximate surface area is 209 Å². The van der Waals surface area contributed by atoms with E-state index in [1.54, 1.807) is 11.3 Å². The van der Waals surface area contributed by atoms with Crippen molar-refractivity contribution in [2.45, 2.75) is 33.0 Å². The van der Waals surface area contributed by atoms with Crippen LogP contribution in [0.25, 0.3) is 10.2 Å². The number of carbonyl (C=O) groups is 2. The molecule has 1 aliphatic rings. The third-order valence-corrected chi connectivity index (χ3v) is 7.72. The number of amides is 3. The van der Waals surface area contributed by atoms with Crippen molar-refractivity contribution in [1.29, 1.82) is 0 Å². The van der Waals surface area contributed by atoms with Gasteiger partial charge in [-0.15, -0.1) is 11.3 Å². The first kappa shape index (κ1) is 23.2. The van der Waals surface area contributed by atoms with E-state index in [1.165, 1.54) is 11.1 Å². The van der Waals surface area contributed by atoms with Crippen LogP contribution >= 0.6 is 11.3 Å². The van der Waals surface area contributed by atoms with Crippen LogP contribution in [-0.4, -0.2) is 52.0 Å². The highest BCUT2D eigenvalue weighted by molar-refractivity contribution is 7.16. The van der Waals surface area contributed by atoms with Gasteiger partial charge in [-0.2, -0.15) is 0 Å². The Hall–Kier alpha value is -3.58. The first-order chi connectivity index (χ1) is 17.0. The van der Waals surface area contributed by atoms with Gasteiger partial charge in [-0.25, -0.2) is 4.79 Å². The Bertz CT molecular complexity index is 1340. The van der Waals surface area contributed by atoms with Gasteiger partial charge in [0.25, 0.3) is 5.91 Å². The number of benzene rings is 2. The largest absolute Gasteiger partial charge is 0.334 e. The summed E-state index contributed by atoms with van der Waals surface area (Å²) in [6, 6.07) is 22.1. The maximum atomic E-state index is 13.7. The van der Waals surface area contributed by atoms with Gasteiger partial charge >= 0.3 is 6.03 Å². The molecule has 4 aromatic rings. The van der Waals surface area contributed by atoms with E-state index in [0.29, 0.717) is 38.4 Å². The van der Waals surface area contributed by atoms with E-state index in [0.717, 1.165) is 15.8 Å². The summed E-state index contributed by atoms with van der Waals surface area (Å²) in [5, 5.41) is 6.18. The molecule has 35 heavy (non-hydrogen) atoms. The van der Waals surface area contributed by atoms with Crippen molar-refractivity contribution in [1.82, 2.24) is 19.7 Å². The molecule has 1 saturated heterocycles. The Morgan fingerprint density at radius 3 is 2.57 bits per heavy atom. The second-order valence-corrected chi connectivity index (χ2v) is 10.1. The number of thiophene rings is 1. The lowest BCUT2D eigenvalue weighted by molar-refractivity contribution is 0.0570. The summed E-state index contributed by atoms with van der Waals surface area (Å²) in [6.45, 7) is 6.82. The summed E-state index contributed by atoms with van der Waals surface area (Å²) in [5.41, 5.74) is 4.20. The van der Waals surface area contributed by atoms with Gasteiger partial charge < -0.3 is 19.7 Å². The van der Waals surface area contributed by atoms with Crippen molar-refractivity contribution >= 4 is 33.5 Å². The molecule has 0 spiro atoms. The molecule has 3 heterocycles. The van der Waals surface area contributed by atoms with Crippen LogP contribution in [0, 0.1) is 6.92 Å². The second-order valence-electron chi connectivity index (χ2n) is 9.16. The van der Waals surface area contributed by atoms with E-state index in [2.05, 4.69) is 40.4 Å². The molecule has 2 aromatic carbocycles. The number of hydrogen-bond acceptors (Lipinski definition) is 3. The molecule has 1 aliphatic heterocycles. The summed E-state index contributed by atoms with van der Waals surface area (Å²) in [5.74, 6) is 0.0261. The predicted molar refractivity (Wildman–Crippen MR) is 141 cm³/mol. The van der Waals surface area contributed by atoms with Crippen molar-refractivity contribution in [2.24, 2.45) is 0 Å². The van der Waals surface area contributed by atoms with E-state index in [1.807, 2.05) is 65.3 Å². The molecule has 3 amide bonds. The Morgan fingerprint density at radius 2 is 1.80 bits per heavy atom. The summed E-state index contributed by atoms with van der Waals surface area (Å²) >= 11 is 1.66. The Morgan fingerprint density at radius 1 is 1.03 bits per heavy atom. The van der Waals surface area contributed by atoms with Gasteiger partial charge in [0, 0.05) is 44.2 Å². The lowest BCUT2D eigenvalue weighted by atomic mass is 10.1. The number of rotatable bonds is 5. The molecular weight excluding hydrogens is 456 g/mol. The van der Waals surface area contributed by atoms with Gasteiger partial charge in [-0.05, 0) is 48.1 Å². The standard InChI is InChI=1S/C28H30N4O2S/c1-20-8-6-7-11-24(20)19-32-25(16-23-12-15-35-27(23)32)26(33)30-13-14-31(21(2)18-30)28(34)29-17-22-9-4-3-5-10-22/h3-12,15-16,21H,13-14,17-19H2,1-2H3,(H,29,34)/t21-/m1/s1. The van der Waals surface area contributed by atoms with E-state index in [4.69, 9.17) is 0 Å². The first-order valence-corrected chi connectivity index (χ1v) is 12.9. The van der Waals surface area contributed by atoms with E-state index in [9.17, 15) is 9.59 Å². The van der Waals surface area contributed by atoms with Crippen LogP contribution in [0.3, 0.4) is 0 Å². The summed E-state index contributed by atoms with van der Waals surface area (Å²) in [6.07, 6.45) is 0. The Balaban J connectivity index is 1.29. The minimum Gasteiger partial charge on any atom is -0.334 e. The maximum absolute atomic E-state index is 13.7. The van der Waals surface area contributed by atoms with Crippen LogP contribution < -0.4 is 5.32 Å². The minimum atomic E-state index is -0.0862. The molecule has 1 fully saturated rings. The highest BCUT2D eigenvalue weighted by Crippen LogP contribution is 2.28. The molecule has 0 radical (unpaired) electrons. The fourth-order valence-electron chi connectivity index (χ4n) is 4.75. The van der Waals surface area contributed by atoms with Gasteiger partial charge in [-0.3, -0.25) is 4.79 Å². The number of carbonyl (C=O) groups excluding carboxylic acids is 2. The minimum absolute atomic E-state index is 0.0261. The SMILES string of the molecule is Cc1ccccc1Cn1c(C(=O)N2CCN(C(=O)NCc3ccccc3)[C@H](C)C2)cc2ccsc21. The third kappa shape index (κ3) is 4.82. The zero-order chi connectivity index (χ0) is 24.4. The molecular formula is C28H30N4O2S. The number of hydrogen-bond donors (Lipinski definition) is 1. The molecule has 1 N–H and O–H groups in total. The number of nitrogens with zero attached hydrogens (tertiary/aromatic N) is 3. The summed E-state index contributed by atoms with van der Waals surface area (Å²) in [7, 11) is 0. The van der Waals surface area contributed by atoms with E-state index >= 15 is 0 Å². The average Bonchev–Trinajstić information content (AvgIpc) is 3.46. The summed E-state index contributed by atoms with van der Waals surface area (Å²) < 4.78 is 2.15. The van der Waals surface area contributed by atoms with Crippen LogP contribution in [0.4, 0.5) is 4.79 Å². The summed E-state index contributed by atoms with van der Waals surface area (Å²) in [4.78, 5) is 31.3. The average molecular weight is 487 g/mol. The van der Waals surface area contributed by atoms with Crippen LogP contribution in [0.5, 0.6) is 0 Å². The molecule has 0 saturated carbocycles.